The molecular weight excluding hydrogens is 1010 g/mol. The van der Waals surface area contributed by atoms with Crippen molar-refractivity contribution in [1.29, 1.82) is 10.5 Å². The molecule has 2 aliphatic heterocycles. The molecule has 0 fully saturated rings. The van der Waals surface area contributed by atoms with Crippen molar-refractivity contribution in [2.75, 3.05) is 38.8 Å². The zero-order valence-electron chi connectivity index (χ0n) is 48.2. The molecule has 4 aromatic carbocycles. The van der Waals surface area contributed by atoms with Gasteiger partial charge in [-0.1, -0.05) is 167 Å². The quantitative estimate of drug-likeness (QED) is 0.0275. The molecule has 0 bridgehead atoms. The molecule has 4 aromatic rings. The fourth-order valence-corrected chi connectivity index (χ4v) is 14.3. The van der Waals surface area contributed by atoms with Crippen LogP contribution in [-0.4, -0.2) is 70.6 Å². The number of aromatic hydroxyl groups is 2. The van der Waals surface area contributed by atoms with Gasteiger partial charge in [0, 0.05) is 58.1 Å². The predicted molar refractivity (Wildman–Crippen MR) is 321 cm³/mol. The standard InChI is InChI=1S/C34H48N2O3S.C32H44N2O3S/c1-5-6-12-16-33(37)36(26-35)23-14-11-9-7-8-10-13-15-31-30-22-21-29(39-4)24-32(30)40-25-34(31,2)27-17-19-28(38-3)20-18-27;1-3-4-10-14-31(37)34(24-33)21-12-9-7-5-6-8-11-13-29-28-20-19-27(36)22-30(28)38-23-32(29,2)25-15-17-26(35)18-16-25/h17-22,24,31H,5-16,23,25H2,1-4H3;15-20,22,29,35-36H,3-14,21,23H2,1-2H3. The van der Waals surface area contributed by atoms with Gasteiger partial charge in [-0.05, 0) is 121 Å². The number of thioether (sulfide) groups is 2. The summed E-state index contributed by atoms with van der Waals surface area (Å²) < 4.78 is 10.9. The summed E-state index contributed by atoms with van der Waals surface area (Å²) >= 11 is 3.75. The number of ether oxygens (including phenoxy) is 2. The van der Waals surface area contributed by atoms with Crippen LogP contribution in [0.2, 0.25) is 0 Å². The van der Waals surface area contributed by atoms with Crippen LogP contribution in [0.1, 0.15) is 216 Å². The van der Waals surface area contributed by atoms with E-state index in [2.05, 4.69) is 101 Å². The van der Waals surface area contributed by atoms with E-state index in [1.165, 1.54) is 93.2 Å². The van der Waals surface area contributed by atoms with Crippen LogP contribution in [0.15, 0.2) is 94.7 Å². The van der Waals surface area contributed by atoms with E-state index in [1.54, 1.807) is 32.4 Å². The van der Waals surface area contributed by atoms with E-state index < -0.39 is 0 Å². The fourth-order valence-electron chi connectivity index (χ4n) is 11.5. The van der Waals surface area contributed by atoms with Crippen LogP contribution < -0.4 is 9.47 Å². The molecule has 12 heteroatoms. The average Bonchev–Trinajstić information content (AvgIpc) is 3.53. The maximum atomic E-state index is 12.2. The highest BCUT2D eigenvalue weighted by molar-refractivity contribution is 7.99. The van der Waals surface area contributed by atoms with Crippen molar-refractivity contribution in [3.8, 4) is 35.4 Å². The largest absolute Gasteiger partial charge is 0.508 e. The number of nitrogens with zero attached hydrogens (tertiary/aromatic N) is 4. The Morgan fingerprint density at radius 2 is 0.910 bits per heavy atom. The lowest BCUT2D eigenvalue weighted by Crippen LogP contribution is -2.36. The van der Waals surface area contributed by atoms with Crippen LogP contribution in [0.5, 0.6) is 23.0 Å². The van der Waals surface area contributed by atoms with E-state index in [4.69, 9.17) is 9.47 Å². The zero-order valence-corrected chi connectivity index (χ0v) is 49.8. The van der Waals surface area contributed by atoms with E-state index in [0.717, 1.165) is 113 Å². The molecule has 4 unspecified atom stereocenters. The molecule has 0 spiro atoms. The Morgan fingerprint density at radius 3 is 1.35 bits per heavy atom. The summed E-state index contributed by atoms with van der Waals surface area (Å²) in [7, 11) is 3.46. The molecule has 0 aromatic heterocycles. The summed E-state index contributed by atoms with van der Waals surface area (Å²) in [4.78, 5) is 29.6. The molecule has 0 saturated heterocycles. The van der Waals surface area contributed by atoms with Gasteiger partial charge in [-0.3, -0.25) is 9.59 Å². The minimum atomic E-state index is -0.0388. The van der Waals surface area contributed by atoms with Crippen LogP contribution in [-0.2, 0) is 20.4 Å². The first-order valence-electron chi connectivity index (χ1n) is 29.5. The maximum absolute atomic E-state index is 12.2. The normalized spacial score (nSPS) is 18.3. The van der Waals surface area contributed by atoms with Gasteiger partial charge >= 0.3 is 0 Å². The lowest BCUT2D eigenvalue weighted by atomic mass is 9.68. The molecule has 6 rings (SSSR count). The highest BCUT2D eigenvalue weighted by Crippen LogP contribution is 2.54. The average molecular weight is 1100 g/mol. The third-order valence-corrected chi connectivity index (χ3v) is 19.2. The molecule has 0 aliphatic carbocycles. The van der Waals surface area contributed by atoms with E-state index in [1.807, 2.05) is 29.6 Å². The van der Waals surface area contributed by atoms with Gasteiger partial charge in [0.15, 0.2) is 12.4 Å². The minimum Gasteiger partial charge on any atom is -0.508 e. The van der Waals surface area contributed by atoms with Gasteiger partial charge in [-0.2, -0.15) is 10.5 Å². The van der Waals surface area contributed by atoms with Gasteiger partial charge < -0.3 is 19.7 Å². The van der Waals surface area contributed by atoms with Crippen molar-refractivity contribution in [3.63, 3.8) is 0 Å². The summed E-state index contributed by atoms with van der Waals surface area (Å²) in [5, 5.41) is 38.4. The van der Waals surface area contributed by atoms with Crippen molar-refractivity contribution >= 4 is 35.3 Å². The number of unbranched alkanes of at least 4 members (excludes halogenated alkanes) is 16. The first kappa shape index (κ1) is 63.5. The molecule has 2 N–H and O–H groups in total. The fraction of sp³-hybridized carbons (Fsp3) is 0.576. The first-order valence-corrected chi connectivity index (χ1v) is 31.4. The molecule has 2 amide bonds. The van der Waals surface area contributed by atoms with Crippen LogP contribution in [0.25, 0.3) is 0 Å². The molecule has 424 valence electrons. The molecular formula is C66H92N4O6S2. The van der Waals surface area contributed by atoms with Crippen LogP contribution in [0.3, 0.4) is 0 Å². The second kappa shape index (κ2) is 34.0. The molecule has 78 heavy (non-hydrogen) atoms. The SMILES string of the molecule is CCCCCC(=O)N(C#N)CCCCCCCCCC1c2ccc(O)cc2SCC1(C)c1ccc(O)cc1.CCCCCC(=O)N(C#N)CCCCCCCCCC1c2ccc(OC)cc2SCC1(C)c1ccc(OC)cc1. The number of carbonyl (C=O) groups excluding carboxylic acids is 2. The van der Waals surface area contributed by atoms with E-state index in [0.29, 0.717) is 49.3 Å². The van der Waals surface area contributed by atoms with Crippen LogP contribution in [0, 0.1) is 22.9 Å². The molecule has 4 atom stereocenters. The number of hydrogen-bond acceptors (Lipinski definition) is 10. The van der Waals surface area contributed by atoms with Crippen molar-refractivity contribution in [3.05, 3.63) is 107 Å². The van der Waals surface area contributed by atoms with Gasteiger partial charge in [0.2, 0.25) is 11.8 Å². The summed E-state index contributed by atoms with van der Waals surface area (Å²) in [5.74, 6) is 5.20. The predicted octanol–water partition coefficient (Wildman–Crippen LogP) is 17.1. The Balaban J connectivity index is 0.000000288. The summed E-state index contributed by atoms with van der Waals surface area (Å²) in [5.41, 5.74) is 5.41. The van der Waals surface area contributed by atoms with Crippen molar-refractivity contribution in [2.24, 2.45) is 0 Å². The van der Waals surface area contributed by atoms with Gasteiger partial charge in [0.05, 0.1) is 14.2 Å². The molecule has 10 nitrogen and oxygen atoms in total. The van der Waals surface area contributed by atoms with Crippen molar-refractivity contribution in [1.82, 2.24) is 9.80 Å². The summed E-state index contributed by atoms with van der Waals surface area (Å²) in [6.07, 6.45) is 29.2. The van der Waals surface area contributed by atoms with Gasteiger partial charge in [-0.25, -0.2) is 9.80 Å². The topological polar surface area (TPSA) is 147 Å². The number of phenols is 2. The number of methoxy groups -OCH3 is 2. The summed E-state index contributed by atoms with van der Waals surface area (Å²) in [6.45, 7) is 10.1. The number of carbonyl (C=O) groups is 2. The van der Waals surface area contributed by atoms with Crippen molar-refractivity contribution < 1.29 is 29.3 Å². The smallest absolute Gasteiger partial charge is 0.235 e. The van der Waals surface area contributed by atoms with Crippen molar-refractivity contribution in [2.45, 2.75) is 214 Å². The van der Waals surface area contributed by atoms with E-state index >= 15 is 0 Å². The Bertz CT molecular complexity index is 2510. The highest BCUT2D eigenvalue weighted by Gasteiger charge is 2.42. The number of fused-ring (bicyclic) bond motifs is 2. The number of phenolic OH excluding ortho intramolecular Hbond substituents is 2. The zero-order chi connectivity index (χ0) is 56.2. The first-order chi connectivity index (χ1) is 37.8. The maximum Gasteiger partial charge on any atom is 0.235 e. The Kier molecular flexibility index (Phi) is 27.7. The van der Waals surface area contributed by atoms with E-state index in [9.17, 15) is 30.3 Å². The third-order valence-electron chi connectivity index (χ3n) is 16.4. The summed E-state index contributed by atoms with van der Waals surface area (Å²) in [6, 6.07) is 28.7. The molecule has 0 radical (unpaired) electrons. The Hall–Kier alpha value is -5.30. The minimum absolute atomic E-state index is 0.0151. The lowest BCUT2D eigenvalue weighted by molar-refractivity contribution is -0.129. The molecule has 2 aliphatic rings. The number of nitriles is 2. The van der Waals surface area contributed by atoms with Gasteiger partial charge in [-0.15, -0.1) is 23.5 Å². The lowest BCUT2D eigenvalue weighted by Gasteiger charge is -2.43. The third kappa shape index (κ3) is 18.9. The number of rotatable bonds is 32. The highest BCUT2D eigenvalue weighted by atomic mass is 32.2. The van der Waals surface area contributed by atoms with Gasteiger partial charge in [0.25, 0.3) is 0 Å². The van der Waals surface area contributed by atoms with Crippen LogP contribution >= 0.6 is 23.5 Å². The number of amides is 2. The van der Waals surface area contributed by atoms with E-state index in [-0.39, 0.29) is 22.6 Å². The Morgan fingerprint density at radius 1 is 0.526 bits per heavy atom. The second-order valence-corrected chi connectivity index (χ2v) is 24.2. The monoisotopic (exact) mass is 1100 g/mol. The molecule has 0 saturated carbocycles. The molecule has 2 heterocycles. The van der Waals surface area contributed by atoms with Gasteiger partial charge in [0.1, 0.15) is 23.0 Å². The van der Waals surface area contributed by atoms with Crippen LogP contribution in [0.4, 0.5) is 0 Å². The number of benzene rings is 4. The Labute approximate surface area is 478 Å². The number of hydrogen-bond donors (Lipinski definition) is 2. The second-order valence-electron chi connectivity index (χ2n) is 22.2.